The lowest BCUT2D eigenvalue weighted by Crippen LogP contribution is -2.48. The molecular weight excluding hydrogens is 452 g/mol. The number of carboxylic acid groups (broad SMARTS) is 2. The molecule has 188 valence electrons. The summed E-state index contributed by atoms with van der Waals surface area (Å²) in [6.45, 7) is 0. The molecule has 2 aromatic rings. The Morgan fingerprint density at radius 3 is 2.22 bits per heavy atom. The summed E-state index contributed by atoms with van der Waals surface area (Å²) in [5.74, 6) is 1.58. The van der Waals surface area contributed by atoms with Crippen molar-refractivity contribution < 1.29 is 24.5 Å². The number of aliphatic carboxylic acids is 1. The Bertz CT molecular complexity index is 1190. The number of carboxylic acids is 2. The van der Waals surface area contributed by atoms with Crippen molar-refractivity contribution in [2.24, 2.45) is 17.8 Å². The third-order valence-electron chi connectivity index (χ3n) is 8.52. The first-order valence-electron chi connectivity index (χ1n) is 13.0. The smallest absolute Gasteiger partial charge is 0.335 e. The van der Waals surface area contributed by atoms with Crippen LogP contribution in [0.25, 0.3) is 5.57 Å². The molecule has 0 atom stereocenters. The normalized spacial score (nSPS) is 26.9. The summed E-state index contributed by atoms with van der Waals surface area (Å²) in [5, 5.41) is 18.4. The van der Waals surface area contributed by atoms with Gasteiger partial charge in [0.1, 0.15) is 5.75 Å². The zero-order chi connectivity index (χ0) is 25.3. The number of methoxy groups -OCH3 is 1. The molecule has 0 unspecified atom stereocenters. The van der Waals surface area contributed by atoms with E-state index >= 15 is 0 Å². The third-order valence-corrected chi connectivity index (χ3v) is 8.52. The van der Waals surface area contributed by atoms with Crippen molar-refractivity contribution in [3.63, 3.8) is 0 Å². The van der Waals surface area contributed by atoms with E-state index in [0.29, 0.717) is 17.6 Å². The molecule has 2 N–H and O–H groups in total. The molecule has 4 bridgehead atoms. The molecule has 4 aliphatic carbocycles. The number of aryl methyl sites for hydroxylation is 1. The average molecular weight is 487 g/mol. The minimum atomic E-state index is -1.04. The fourth-order valence-electron chi connectivity index (χ4n) is 7.44. The van der Waals surface area contributed by atoms with Crippen LogP contribution in [0.5, 0.6) is 5.75 Å². The second-order valence-electron chi connectivity index (χ2n) is 11.0. The van der Waals surface area contributed by atoms with Crippen molar-refractivity contribution in [3.05, 3.63) is 82.9 Å². The van der Waals surface area contributed by atoms with Crippen LogP contribution < -0.4 is 4.74 Å². The summed E-state index contributed by atoms with van der Waals surface area (Å²) >= 11 is 0. The first kappa shape index (κ1) is 24.4. The number of allylic oxidation sites excluding steroid dienone is 3. The molecule has 0 spiro atoms. The van der Waals surface area contributed by atoms with Gasteiger partial charge < -0.3 is 14.9 Å². The van der Waals surface area contributed by atoms with Gasteiger partial charge in [-0.3, -0.25) is 0 Å². The molecule has 0 heterocycles. The van der Waals surface area contributed by atoms with Gasteiger partial charge in [-0.25, -0.2) is 9.59 Å². The topological polar surface area (TPSA) is 83.8 Å². The van der Waals surface area contributed by atoms with E-state index in [1.165, 1.54) is 61.8 Å². The van der Waals surface area contributed by atoms with Crippen molar-refractivity contribution in [2.75, 3.05) is 7.11 Å². The Balaban J connectivity index is 1.35. The summed E-state index contributed by atoms with van der Waals surface area (Å²) in [4.78, 5) is 22.5. The average Bonchev–Trinajstić information content (AvgIpc) is 2.85. The summed E-state index contributed by atoms with van der Waals surface area (Å²) in [6, 6.07) is 13.3. The monoisotopic (exact) mass is 486 g/mol. The summed E-state index contributed by atoms with van der Waals surface area (Å²) < 4.78 is 5.93. The molecule has 5 nitrogen and oxygen atoms in total. The molecule has 0 aromatic heterocycles. The van der Waals surface area contributed by atoms with Gasteiger partial charge in [0, 0.05) is 11.6 Å². The third kappa shape index (κ3) is 4.97. The number of rotatable bonds is 9. The molecule has 0 saturated heterocycles. The van der Waals surface area contributed by atoms with Gasteiger partial charge in [-0.05, 0) is 116 Å². The minimum Gasteiger partial charge on any atom is -0.496 e. The van der Waals surface area contributed by atoms with Gasteiger partial charge in [0.2, 0.25) is 0 Å². The Morgan fingerprint density at radius 2 is 1.61 bits per heavy atom. The largest absolute Gasteiger partial charge is 0.496 e. The van der Waals surface area contributed by atoms with Crippen LogP contribution in [-0.2, 0) is 16.6 Å². The van der Waals surface area contributed by atoms with E-state index in [2.05, 4.69) is 18.2 Å². The predicted molar refractivity (Wildman–Crippen MR) is 139 cm³/mol. The van der Waals surface area contributed by atoms with E-state index in [0.717, 1.165) is 36.0 Å². The summed E-state index contributed by atoms with van der Waals surface area (Å²) in [5.41, 5.74) is 4.39. The van der Waals surface area contributed by atoms with Crippen molar-refractivity contribution in [1.82, 2.24) is 0 Å². The number of hydrogen-bond donors (Lipinski definition) is 2. The SMILES string of the molecule is COc1cc(CC/C=C(/C=C/C(=O)O)c2cccc(C(=O)O)c2)ccc1C12CC3CC(CC(C3)C1)C2. The molecule has 2 aromatic carbocycles. The van der Waals surface area contributed by atoms with E-state index < -0.39 is 11.9 Å². The van der Waals surface area contributed by atoms with Crippen LogP contribution >= 0.6 is 0 Å². The van der Waals surface area contributed by atoms with Crippen LogP contribution in [0.1, 0.15) is 72.0 Å². The fraction of sp³-hybridized carbons (Fsp3) is 0.419. The van der Waals surface area contributed by atoms with Gasteiger partial charge in [-0.2, -0.15) is 0 Å². The zero-order valence-corrected chi connectivity index (χ0v) is 20.8. The quantitative estimate of drug-likeness (QED) is 0.311. The maximum Gasteiger partial charge on any atom is 0.335 e. The highest BCUT2D eigenvalue weighted by molar-refractivity contribution is 5.90. The molecule has 4 aliphatic rings. The van der Waals surface area contributed by atoms with Crippen LogP contribution in [0.4, 0.5) is 0 Å². The minimum absolute atomic E-state index is 0.173. The van der Waals surface area contributed by atoms with Gasteiger partial charge in [0.25, 0.3) is 0 Å². The molecule has 0 aliphatic heterocycles. The second kappa shape index (κ2) is 9.96. The predicted octanol–water partition coefficient (Wildman–Crippen LogP) is 6.52. The lowest BCUT2D eigenvalue weighted by atomic mass is 9.48. The van der Waals surface area contributed by atoms with Crippen molar-refractivity contribution in [3.8, 4) is 5.75 Å². The number of hydrogen-bond acceptors (Lipinski definition) is 3. The van der Waals surface area contributed by atoms with Crippen LogP contribution in [0.2, 0.25) is 0 Å². The van der Waals surface area contributed by atoms with E-state index in [-0.39, 0.29) is 11.0 Å². The van der Waals surface area contributed by atoms with Crippen LogP contribution in [0, 0.1) is 17.8 Å². The standard InChI is InChI=1S/C31H34O5/c1-36-28-15-20(8-10-27(28)31-17-21-12-22(18-31)14-23(13-21)19-31)4-2-5-24(9-11-29(32)33)25-6-3-7-26(16-25)30(34)35/h3,5-11,15-16,21-23H,2,4,12-14,17-19H2,1H3,(H,32,33)(H,34,35)/b11-9+,24-5-. The first-order chi connectivity index (χ1) is 17.3. The van der Waals surface area contributed by atoms with Gasteiger partial charge in [-0.1, -0.05) is 30.3 Å². The highest BCUT2D eigenvalue weighted by Crippen LogP contribution is 2.61. The molecule has 4 saturated carbocycles. The lowest BCUT2D eigenvalue weighted by Gasteiger charge is -2.57. The lowest BCUT2D eigenvalue weighted by molar-refractivity contribution is -0.131. The molecule has 0 amide bonds. The molecule has 36 heavy (non-hydrogen) atoms. The zero-order valence-electron chi connectivity index (χ0n) is 20.8. The summed E-state index contributed by atoms with van der Waals surface area (Å²) in [7, 11) is 1.77. The van der Waals surface area contributed by atoms with E-state index in [4.69, 9.17) is 9.84 Å². The van der Waals surface area contributed by atoms with Crippen molar-refractivity contribution in [1.29, 1.82) is 0 Å². The van der Waals surface area contributed by atoms with E-state index in [1.54, 1.807) is 25.3 Å². The molecular formula is C31H34O5. The Hall–Kier alpha value is -3.34. The van der Waals surface area contributed by atoms with Crippen LogP contribution in [0.15, 0.2) is 60.7 Å². The summed E-state index contributed by atoms with van der Waals surface area (Å²) in [6.07, 6.45) is 14.2. The Labute approximate surface area is 212 Å². The molecule has 5 heteroatoms. The Kier molecular flexibility index (Phi) is 6.74. The van der Waals surface area contributed by atoms with Crippen molar-refractivity contribution in [2.45, 2.75) is 56.8 Å². The highest BCUT2D eigenvalue weighted by atomic mass is 16.5. The molecule has 4 fully saturated rings. The molecule has 0 radical (unpaired) electrons. The highest BCUT2D eigenvalue weighted by Gasteiger charge is 2.52. The van der Waals surface area contributed by atoms with Crippen LogP contribution in [0.3, 0.4) is 0 Å². The van der Waals surface area contributed by atoms with Crippen LogP contribution in [-0.4, -0.2) is 29.3 Å². The Morgan fingerprint density at radius 1 is 0.944 bits per heavy atom. The van der Waals surface area contributed by atoms with Gasteiger partial charge >= 0.3 is 11.9 Å². The maximum atomic E-state index is 11.4. The van der Waals surface area contributed by atoms with Gasteiger partial charge in [0.05, 0.1) is 12.7 Å². The van der Waals surface area contributed by atoms with E-state index in [9.17, 15) is 14.7 Å². The fourth-order valence-corrected chi connectivity index (χ4v) is 7.44. The second-order valence-corrected chi connectivity index (χ2v) is 11.0. The molecule has 6 rings (SSSR count). The van der Waals surface area contributed by atoms with Gasteiger partial charge in [-0.15, -0.1) is 0 Å². The maximum absolute atomic E-state index is 11.4. The number of aromatic carboxylic acids is 1. The number of benzene rings is 2. The van der Waals surface area contributed by atoms with Crippen molar-refractivity contribution >= 4 is 17.5 Å². The first-order valence-corrected chi connectivity index (χ1v) is 13.0. The van der Waals surface area contributed by atoms with E-state index in [1.807, 2.05) is 6.08 Å². The van der Waals surface area contributed by atoms with Gasteiger partial charge in [0.15, 0.2) is 0 Å². The number of carbonyl (C=O) groups is 2. The number of ether oxygens (including phenoxy) is 1.